The maximum absolute atomic E-state index is 12.7. The highest BCUT2D eigenvalue weighted by Gasteiger charge is 2.34. The van der Waals surface area contributed by atoms with Gasteiger partial charge in [-0.05, 0) is 32.4 Å². The normalized spacial score (nSPS) is 19.3. The molecule has 1 aliphatic heterocycles. The number of sulfonamides is 1. The van der Waals surface area contributed by atoms with E-state index < -0.39 is 10.0 Å². The molecule has 1 aromatic heterocycles. The van der Waals surface area contributed by atoms with Gasteiger partial charge in [0.15, 0.2) is 0 Å². The molecule has 7 heteroatoms. The number of nitrogens with zero attached hydrogens (tertiary/aromatic N) is 3. The number of aromatic nitrogens is 2. The van der Waals surface area contributed by atoms with Crippen LogP contribution in [0.15, 0.2) is 47.6 Å². The maximum atomic E-state index is 12.7. The number of ether oxygens (including phenoxy) is 1. The van der Waals surface area contributed by atoms with Gasteiger partial charge in [0.05, 0.1) is 12.7 Å². The van der Waals surface area contributed by atoms with Crippen molar-refractivity contribution in [3.63, 3.8) is 0 Å². The first-order chi connectivity index (χ1) is 11.0. The molecule has 1 saturated heterocycles. The van der Waals surface area contributed by atoms with Crippen molar-refractivity contribution in [2.45, 2.75) is 37.3 Å². The molecule has 1 fully saturated rings. The Bertz CT molecular complexity index is 756. The predicted molar refractivity (Wildman–Crippen MR) is 86.8 cm³/mol. The second kappa shape index (κ2) is 6.33. The van der Waals surface area contributed by atoms with Crippen LogP contribution in [0.3, 0.4) is 0 Å². The van der Waals surface area contributed by atoms with Gasteiger partial charge in [-0.3, -0.25) is 4.68 Å². The van der Waals surface area contributed by atoms with Crippen LogP contribution in [0.1, 0.15) is 26.3 Å². The molecule has 2 heterocycles. The summed E-state index contributed by atoms with van der Waals surface area (Å²) in [7, 11) is -3.51. The van der Waals surface area contributed by atoms with Crippen molar-refractivity contribution in [3.8, 4) is 5.75 Å². The zero-order valence-electron chi connectivity index (χ0n) is 13.3. The van der Waals surface area contributed by atoms with E-state index in [4.69, 9.17) is 4.74 Å². The highest BCUT2D eigenvalue weighted by Crippen LogP contribution is 2.24. The van der Waals surface area contributed by atoms with Crippen LogP contribution in [-0.4, -0.2) is 41.7 Å². The minimum atomic E-state index is -3.51. The molecule has 0 spiro atoms. The molecule has 0 bridgehead atoms. The Hall–Kier alpha value is -1.86. The smallest absolute Gasteiger partial charge is 0.246 e. The van der Waals surface area contributed by atoms with Crippen LogP contribution in [0.4, 0.5) is 0 Å². The highest BCUT2D eigenvalue weighted by atomic mass is 32.2. The van der Waals surface area contributed by atoms with Gasteiger partial charge in [-0.15, -0.1) is 0 Å². The lowest BCUT2D eigenvalue weighted by Gasteiger charge is -2.16. The number of hydrogen-bond acceptors (Lipinski definition) is 4. The zero-order valence-corrected chi connectivity index (χ0v) is 14.1. The molecule has 0 N–H and O–H groups in total. The fraction of sp³-hybridized carbons (Fsp3) is 0.438. The van der Waals surface area contributed by atoms with E-state index in [1.807, 2.05) is 44.2 Å². The summed E-state index contributed by atoms with van der Waals surface area (Å²) in [5.41, 5.74) is 0. The van der Waals surface area contributed by atoms with Crippen molar-refractivity contribution in [3.05, 3.63) is 42.7 Å². The first kappa shape index (κ1) is 16.0. The molecule has 1 aliphatic rings. The Morgan fingerprint density at radius 2 is 2.00 bits per heavy atom. The van der Waals surface area contributed by atoms with Crippen LogP contribution in [0, 0.1) is 0 Å². The van der Waals surface area contributed by atoms with Gasteiger partial charge in [0.25, 0.3) is 0 Å². The summed E-state index contributed by atoms with van der Waals surface area (Å²) in [5.74, 6) is 0.768. The monoisotopic (exact) mass is 335 g/mol. The second-order valence-corrected chi connectivity index (χ2v) is 7.89. The molecule has 0 amide bonds. The van der Waals surface area contributed by atoms with Crippen LogP contribution in [0.25, 0.3) is 0 Å². The molecule has 0 aliphatic carbocycles. The van der Waals surface area contributed by atoms with Gasteiger partial charge in [-0.2, -0.15) is 9.40 Å². The fourth-order valence-corrected chi connectivity index (χ4v) is 4.02. The van der Waals surface area contributed by atoms with Gasteiger partial charge >= 0.3 is 0 Å². The van der Waals surface area contributed by atoms with Crippen LogP contribution < -0.4 is 4.74 Å². The van der Waals surface area contributed by atoms with Crippen LogP contribution in [0.2, 0.25) is 0 Å². The average Bonchev–Trinajstić information content (AvgIpc) is 3.18. The zero-order chi connectivity index (χ0) is 16.4. The van der Waals surface area contributed by atoms with Gasteiger partial charge in [0.1, 0.15) is 16.7 Å². The van der Waals surface area contributed by atoms with Crippen molar-refractivity contribution in [1.29, 1.82) is 0 Å². The largest absolute Gasteiger partial charge is 0.489 e. The standard InChI is InChI=1S/C16H21N3O3S/c1-13(2)19-12-16(10-17-19)23(20,21)18-9-8-15(11-18)22-14-6-4-3-5-7-14/h3-7,10,12-13,15H,8-9,11H2,1-2H3/t15-/m1/s1. The first-order valence-corrected chi connectivity index (χ1v) is 9.17. The van der Waals surface area contributed by atoms with Crippen molar-refractivity contribution < 1.29 is 13.2 Å². The van der Waals surface area contributed by atoms with Gasteiger partial charge in [-0.25, -0.2) is 8.42 Å². The molecule has 124 valence electrons. The van der Waals surface area contributed by atoms with Crippen LogP contribution >= 0.6 is 0 Å². The van der Waals surface area contributed by atoms with E-state index in [0.717, 1.165) is 5.75 Å². The SMILES string of the molecule is CC(C)n1cc(S(=O)(=O)N2CC[C@@H](Oc3ccccc3)C2)cn1. The summed E-state index contributed by atoms with van der Waals surface area (Å²) < 4.78 is 34.4. The Morgan fingerprint density at radius 3 is 2.65 bits per heavy atom. The summed E-state index contributed by atoms with van der Waals surface area (Å²) in [6.45, 7) is 4.75. The van der Waals surface area contributed by atoms with Crippen LogP contribution in [0.5, 0.6) is 5.75 Å². The molecule has 1 aromatic carbocycles. The third kappa shape index (κ3) is 3.40. The Kier molecular flexibility index (Phi) is 4.41. The third-order valence-electron chi connectivity index (χ3n) is 3.90. The van der Waals surface area contributed by atoms with Gasteiger partial charge in [-0.1, -0.05) is 18.2 Å². The maximum Gasteiger partial charge on any atom is 0.246 e. The Labute approximate surface area is 136 Å². The minimum Gasteiger partial charge on any atom is -0.489 e. The molecule has 3 rings (SSSR count). The molecule has 0 saturated carbocycles. The predicted octanol–water partition coefficient (Wildman–Crippen LogP) is 2.31. The quantitative estimate of drug-likeness (QED) is 0.841. The van der Waals surface area contributed by atoms with Crippen molar-refractivity contribution >= 4 is 10.0 Å². The Balaban J connectivity index is 1.69. The van der Waals surface area contributed by atoms with Gasteiger partial charge in [0.2, 0.25) is 10.0 Å². The number of rotatable bonds is 5. The van der Waals surface area contributed by atoms with E-state index in [0.29, 0.717) is 19.5 Å². The van der Waals surface area contributed by atoms with Crippen molar-refractivity contribution in [2.75, 3.05) is 13.1 Å². The van der Waals surface area contributed by atoms with Crippen molar-refractivity contribution in [1.82, 2.24) is 14.1 Å². The van der Waals surface area contributed by atoms with Crippen LogP contribution in [-0.2, 0) is 10.0 Å². The molecule has 0 unspecified atom stereocenters. The van der Waals surface area contributed by atoms with E-state index in [2.05, 4.69) is 5.10 Å². The van der Waals surface area contributed by atoms with E-state index in [9.17, 15) is 8.42 Å². The lowest BCUT2D eigenvalue weighted by Crippen LogP contribution is -2.30. The topological polar surface area (TPSA) is 64.4 Å². The minimum absolute atomic E-state index is 0.118. The summed E-state index contributed by atoms with van der Waals surface area (Å²) >= 11 is 0. The van der Waals surface area contributed by atoms with E-state index in [1.54, 1.807) is 10.9 Å². The van der Waals surface area contributed by atoms with Gasteiger partial charge in [0, 0.05) is 18.8 Å². The lowest BCUT2D eigenvalue weighted by atomic mass is 10.3. The molecule has 23 heavy (non-hydrogen) atoms. The first-order valence-electron chi connectivity index (χ1n) is 7.73. The number of benzene rings is 1. The van der Waals surface area contributed by atoms with E-state index in [1.165, 1.54) is 10.5 Å². The molecule has 2 aromatic rings. The lowest BCUT2D eigenvalue weighted by molar-refractivity contribution is 0.215. The second-order valence-electron chi connectivity index (χ2n) is 5.95. The molecule has 0 radical (unpaired) electrons. The fourth-order valence-electron chi connectivity index (χ4n) is 2.59. The molecular weight excluding hydrogens is 314 g/mol. The average molecular weight is 335 g/mol. The highest BCUT2D eigenvalue weighted by molar-refractivity contribution is 7.89. The van der Waals surface area contributed by atoms with E-state index >= 15 is 0 Å². The number of hydrogen-bond donors (Lipinski definition) is 0. The molecular formula is C16H21N3O3S. The van der Waals surface area contributed by atoms with E-state index in [-0.39, 0.29) is 17.0 Å². The number of para-hydroxylation sites is 1. The Morgan fingerprint density at radius 1 is 1.26 bits per heavy atom. The molecule has 1 atom stereocenters. The third-order valence-corrected chi connectivity index (χ3v) is 5.72. The summed E-state index contributed by atoms with van der Waals surface area (Å²) in [4.78, 5) is 0.242. The molecule has 6 nitrogen and oxygen atoms in total. The summed E-state index contributed by atoms with van der Waals surface area (Å²) in [5, 5.41) is 4.12. The van der Waals surface area contributed by atoms with Crippen molar-refractivity contribution in [2.24, 2.45) is 0 Å². The summed E-state index contributed by atoms with van der Waals surface area (Å²) in [6, 6.07) is 9.61. The summed E-state index contributed by atoms with van der Waals surface area (Å²) in [6.07, 6.45) is 3.57. The van der Waals surface area contributed by atoms with Gasteiger partial charge < -0.3 is 4.74 Å².